The summed E-state index contributed by atoms with van der Waals surface area (Å²) in [5.41, 5.74) is 2.18. The van der Waals surface area contributed by atoms with Crippen molar-refractivity contribution in [2.45, 2.75) is 78.1 Å². The summed E-state index contributed by atoms with van der Waals surface area (Å²) in [5.74, 6) is -2.40. The van der Waals surface area contributed by atoms with Crippen LogP contribution in [0.5, 0.6) is 0 Å². The number of aliphatic hydroxyl groups excluding tert-OH is 1. The molecule has 2 fully saturated rings. The van der Waals surface area contributed by atoms with Crippen molar-refractivity contribution in [1.82, 2.24) is 0 Å². The van der Waals surface area contributed by atoms with Crippen LogP contribution >= 0.6 is 11.6 Å². The smallest absolute Gasteiger partial charge is 0.311 e. The van der Waals surface area contributed by atoms with E-state index in [9.17, 15) is 19.5 Å². The number of hydrogen-bond donors (Lipinski definition) is 1. The van der Waals surface area contributed by atoms with E-state index in [1.807, 2.05) is 39.0 Å². The molecular formula is C30H38ClNO7. The van der Waals surface area contributed by atoms with Crippen molar-refractivity contribution in [3.8, 4) is 0 Å². The lowest BCUT2D eigenvalue weighted by Gasteiger charge is -2.44. The normalized spacial score (nSPS) is 30.7. The van der Waals surface area contributed by atoms with E-state index in [0.29, 0.717) is 49.3 Å². The zero-order chi connectivity index (χ0) is 28.1. The molecule has 0 bridgehead atoms. The maximum Gasteiger partial charge on any atom is 0.311 e. The van der Waals surface area contributed by atoms with Crippen LogP contribution in [0.25, 0.3) is 0 Å². The molecule has 4 rings (SSSR count). The third-order valence-electron chi connectivity index (χ3n) is 8.48. The van der Waals surface area contributed by atoms with E-state index < -0.39 is 24.1 Å². The average Bonchev–Trinajstić information content (AvgIpc) is 2.91. The molecule has 3 aliphatic rings. The molecule has 7 unspecified atom stereocenters. The number of cyclic esters (lactones) is 1. The molecule has 0 radical (unpaired) electrons. The van der Waals surface area contributed by atoms with Gasteiger partial charge in [-0.3, -0.25) is 14.4 Å². The topological polar surface area (TPSA) is 111 Å². The number of fused-ring (bicyclic) bond motifs is 1. The van der Waals surface area contributed by atoms with E-state index >= 15 is 0 Å². The Bertz CT molecular complexity index is 1130. The second kappa shape index (κ2) is 13.1. The second-order valence-electron chi connectivity index (χ2n) is 10.9. The minimum absolute atomic E-state index is 0.0364. The first kappa shape index (κ1) is 29.3. The number of aliphatic hydroxyl groups is 1. The minimum Gasteiger partial charge on any atom is -0.465 e. The van der Waals surface area contributed by atoms with E-state index in [0.717, 1.165) is 11.1 Å². The van der Waals surface area contributed by atoms with Crippen molar-refractivity contribution in [2.75, 3.05) is 6.61 Å². The number of halogens is 1. The number of ether oxygens (including phenoxy) is 2. The van der Waals surface area contributed by atoms with Gasteiger partial charge in [-0.1, -0.05) is 55.7 Å². The molecule has 0 spiro atoms. The van der Waals surface area contributed by atoms with Gasteiger partial charge in [0.2, 0.25) is 0 Å². The lowest BCUT2D eigenvalue weighted by Crippen LogP contribution is -2.47. The van der Waals surface area contributed by atoms with Crippen LogP contribution in [-0.2, 0) is 35.3 Å². The lowest BCUT2D eigenvalue weighted by molar-refractivity contribution is -0.161. The molecule has 1 aromatic rings. The summed E-state index contributed by atoms with van der Waals surface area (Å²) < 4.78 is 11.2. The molecule has 0 aromatic heterocycles. The molecule has 1 aliphatic heterocycles. The summed E-state index contributed by atoms with van der Waals surface area (Å²) in [7, 11) is 0. The molecule has 39 heavy (non-hydrogen) atoms. The average molecular weight is 560 g/mol. The van der Waals surface area contributed by atoms with E-state index in [2.05, 4.69) is 5.16 Å². The third kappa shape index (κ3) is 6.72. The zero-order valence-corrected chi connectivity index (χ0v) is 23.6. The van der Waals surface area contributed by atoms with Crippen LogP contribution in [-0.4, -0.2) is 47.4 Å². The molecule has 9 heteroatoms. The van der Waals surface area contributed by atoms with Gasteiger partial charge in [-0.15, -0.1) is 0 Å². The summed E-state index contributed by atoms with van der Waals surface area (Å²) in [6.07, 6.45) is 3.41. The van der Waals surface area contributed by atoms with Gasteiger partial charge >= 0.3 is 11.9 Å². The summed E-state index contributed by atoms with van der Waals surface area (Å²) in [6, 6.07) is 7.37. The number of rotatable bonds is 9. The van der Waals surface area contributed by atoms with Crippen LogP contribution in [0.2, 0.25) is 5.02 Å². The van der Waals surface area contributed by atoms with Gasteiger partial charge in [0.1, 0.15) is 12.7 Å². The Morgan fingerprint density at radius 3 is 2.72 bits per heavy atom. The highest BCUT2D eigenvalue weighted by molar-refractivity contribution is 6.31. The van der Waals surface area contributed by atoms with Crippen molar-refractivity contribution in [3.63, 3.8) is 0 Å². The molecule has 1 heterocycles. The van der Waals surface area contributed by atoms with Gasteiger partial charge in [0.15, 0.2) is 5.78 Å². The van der Waals surface area contributed by atoms with E-state index in [-0.39, 0.29) is 48.6 Å². The monoisotopic (exact) mass is 559 g/mol. The van der Waals surface area contributed by atoms with Crippen LogP contribution in [0, 0.1) is 29.6 Å². The summed E-state index contributed by atoms with van der Waals surface area (Å²) >= 11 is 6.25. The molecule has 1 aromatic carbocycles. The zero-order valence-electron chi connectivity index (χ0n) is 22.8. The number of hydrogen-bond acceptors (Lipinski definition) is 8. The van der Waals surface area contributed by atoms with Crippen LogP contribution < -0.4 is 0 Å². The van der Waals surface area contributed by atoms with Gasteiger partial charge in [-0.05, 0) is 55.7 Å². The first-order valence-corrected chi connectivity index (χ1v) is 14.3. The Balaban J connectivity index is 1.59. The predicted molar refractivity (Wildman–Crippen MR) is 146 cm³/mol. The van der Waals surface area contributed by atoms with Gasteiger partial charge in [-0.2, -0.15) is 0 Å². The largest absolute Gasteiger partial charge is 0.465 e. The predicted octanol–water partition coefficient (Wildman–Crippen LogP) is 5.05. The summed E-state index contributed by atoms with van der Waals surface area (Å²) in [5, 5.41) is 15.4. The number of carbonyl (C=O) groups excluding carboxylic acids is 3. The van der Waals surface area contributed by atoms with Crippen molar-refractivity contribution in [1.29, 1.82) is 0 Å². The molecule has 1 saturated carbocycles. The molecular weight excluding hydrogens is 522 g/mol. The quantitative estimate of drug-likeness (QED) is 0.333. The number of benzene rings is 1. The number of allylic oxidation sites excluding steroid dienone is 1. The van der Waals surface area contributed by atoms with Crippen molar-refractivity contribution in [3.05, 3.63) is 46.5 Å². The Kier molecular flexibility index (Phi) is 9.83. The van der Waals surface area contributed by atoms with Crippen molar-refractivity contribution >= 4 is 35.0 Å². The Morgan fingerprint density at radius 1 is 1.23 bits per heavy atom. The number of carbonyl (C=O) groups is 3. The Morgan fingerprint density at radius 2 is 2.00 bits per heavy atom. The fraction of sp³-hybridized carbons (Fsp3) is 0.600. The first-order valence-electron chi connectivity index (χ1n) is 13.9. The van der Waals surface area contributed by atoms with Gasteiger partial charge in [-0.25, -0.2) is 0 Å². The van der Waals surface area contributed by atoms with Gasteiger partial charge in [0.25, 0.3) is 0 Å². The van der Waals surface area contributed by atoms with Crippen molar-refractivity contribution < 1.29 is 33.8 Å². The number of nitrogens with zero attached hydrogens (tertiary/aromatic N) is 1. The minimum atomic E-state index is -0.767. The van der Waals surface area contributed by atoms with E-state index in [4.69, 9.17) is 25.9 Å². The van der Waals surface area contributed by atoms with Gasteiger partial charge in [0, 0.05) is 28.8 Å². The summed E-state index contributed by atoms with van der Waals surface area (Å²) in [6.45, 7) is 6.06. The van der Waals surface area contributed by atoms with Crippen molar-refractivity contribution in [2.24, 2.45) is 34.7 Å². The standard InChI is InChI=1S/C30H38ClNO7/c1-4-17(2)29(35)39-27-12-11-24(32-38-16-19-7-5-6-8-23(19)31)22-15-26(34)18(3)20(28(22)27)9-10-21-25(33)13-14-37-30(21)36/h5-8,15,17-18,20-21,25,27-28,33H,4,9-14,16H2,1-3H3. The Hall–Kier alpha value is -2.71. The SMILES string of the molecule is CCC(C)C(=O)OC1CCC(=NOCc2ccccc2Cl)C2=CC(=O)C(C)C(CCC3C(=O)OCCC3O)C21. The lowest BCUT2D eigenvalue weighted by atomic mass is 9.63. The molecule has 2 aliphatic carbocycles. The van der Waals surface area contributed by atoms with Crippen LogP contribution in [0.1, 0.15) is 64.9 Å². The number of esters is 2. The fourth-order valence-electron chi connectivity index (χ4n) is 5.80. The number of oxime groups is 1. The molecule has 212 valence electrons. The fourth-order valence-corrected chi connectivity index (χ4v) is 5.99. The van der Waals surface area contributed by atoms with Gasteiger partial charge in [0.05, 0.1) is 30.3 Å². The maximum atomic E-state index is 13.2. The van der Waals surface area contributed by atoms with Crippen LogP contribution in [0.4, 0.5) is 0 Å². The molecule has 7 atom stereocenters. The first-order chi connectivity index (χ1) is 18.7. The molecule has 0 amide bonds. The highest BCUT2D eigenvalue weighted by Gasteiger charge is 2.47. The molecule has 8 nitrogen and oxygen atoms in total. The third-order valence-corrected chi connectivity index (χ3v) is 8.85. The molecule has 1 N–H and O–H groups in total. The Labute approximate surface area is 234 Å². The highest BCUT2D eigenvalue weighted by atomic mass is 35.5. The van der Waals surface area contributed by atoms with Crippen LogP contribution in [0.3, 0.4) is 0 Å². The molecule has 1 saturated heterocycles. The highest BCUT2D eigenvalue weighted by Crippen LogP contribution is 2.45. The maximum absolute atomic E-state index is 13.2. The van der Waals surface area contributed by atoms with E-state index in [1.54, 1.807) is 12.1 Å². The second-order valence-corrected chi connectivity index (χ2v) is 11.3. The van der Waals surface area contributed by atoms with Crippen LogP contribution in [0.15, 0.2) is 41.1 Å². The number of ketones is 1. The summed E-state index contributed by atoms with van der Waals surface area (Å²) in [4.78, 5) is 44.1. The van der Waals surface area contributed by atoms with Gasteiger partial charge < -0.3 is 19.4 Å². The van der Waals surface area contributed by atoms with E-state index in [1.165, 1.54) is 0 Å².